The maximum atomic E-state index is 11.9. The molecule has 0 saturated carbocycles. The van der Waals surface area contributed by atoms with Crippen LogP contribution in [0.2, 0.25) is 0 Å². The van der Waals surface area contributed by atoms with Crippen LogP contribution >= 0.6 is 0 Å². The van der Waals surface area contributed by atoms with Crippen LogP contribution in [0.3, 0.4) is 0 Å². The van der Waals surface area contributed by atoms with Crippen molar-refractivity contribution in [3.63, 3.8) is 0 Å². The van der Waals surface area contributed by atoms with Crippen LogP contribution in [-0.2, 0) is 9.53 Å². The normalized spacial score (nSPS) is 10.2. The van der Waals surface area contributed by atoms with Crippen LogP contribution in [0.25, 0.3) is 0 Å². The maximum absolute atomic E-state index is 11.9. The number of ether oxygens (including phenoxy) is 4. The summed E-state index contributed by atoms with van der Waals surface area (Å²) < 4.78 is 21.2. The van der Waals surface area contributed by atoms with Gasteiger partial charge in [0.25, 0.3) is 5.91 Å². The topological polar surface area (TPSA) is 66.0 Å². The van der Waals surface area contributed by atoms with E-state index in [1.165, 1.54) is 0 Å². The van der Waals surface area contributed by atoms with Crippen molar-refractivity contribution in [3.05, 3.63) is 48.5 Å². The largest absolute Gasteiger partial charge is 0.497 e. The predicted molar refractivity (Wildman–Crippen MR) is 95.5 cm³/mol. The molecule has 0 bridgehead atoms. The van der Waals surface area contributed by atoms with Crippen molar-refractivity contribution < 1.29 is 23.7 Å². The second-order valence-electron chi connectivity index (χ2n) is 5.08. The van der Waals surface area contributed by atoms with Crippen molar-refractivity contribution in [1.82, 2.24) is 0 Å². The molecule has 0 aliphatic rings. The molecular formula is C19H23NO5. The van der Waals surface area contributed by atoms with Gasteiger partial charge in [-0.1, -0.05) is 0 Å². The monoisotopic (exact) mass is 345 g/mol. The summed E-state index contributed by atoms with van der Waals surface area (Å²) in [6, 6.07) is 14.2. The first-order chi connectivity index (χ1) is 12.2. The lowest BCUT2D eigenvalue weighted by atomic mass is 10.3. The van der Waals surface area contributed by atoms with Crippen molar-refractivity contribution in [2.24, 2.45) is 0 Å². The highest BCUT2D eigenvalue weighted by molar-refractivity contribution is 5.91. The first kappa shape index (κ1) is 18.6. The molecule has 0 aliphatic heterocycles. The number of amides is 1. The molecule has 0 radical (unpaired) electrons. The molecule has 2 aromatic carbocycles. The van der Waals surface area contributed by atoms with Gasteiger partial charge in [-0.25, -0.2) is 0 Å². The van der Waals surface area contributed by atoms with E-state index in [0.717, 1.165) is 11.5 Å². The Bertz CT molecular complexity index is 640. The molecule has 0 fully saturated rings. The number of benzene rings is 2. The Labute approximate surface area is 147 Å². The van der Waals surface area contributed by atoms with E-state index in [-0.39, 0.29) is 12.5 Å². The van der Waals surface area contributed by atoms with Gasteiger partial charge in [-0.15, -0.1) is 0 Å². The first-order valence-electron chi connectivity index (χ1n) is 8.08. The quantitative estimate of drug-likeness (QED) is 0.670. The number of anilines is 1. The molecule has 6 heteroatoms. The van der Waals surface area contributed by atoms with Crippen LogP contribution in [0.5, 0.6) is 17.2 Å². The number of carbonyl (C=O) groups is 1. The molecule has 25 heavy (non-hydrogen) atoms. The smallest absolute Gasteiger partial charge is 0.262 e. The minimum Gasteiger partial charge on any atom is -0.497 e. The lowest BCUT2D eigenvalue weighted by Crippen LogP contribution is -2.20. The van der Waals surface area contributed by atoms with E-state index in [2.05, 4.69) is 5.32 Å². The third kappa shape index (κ3) is 6.73. The van der Waals surface area contributed by atoms with Gasteiger partial charge in [-0.3, -0.25) is 4.79 Å². The standard InChI is InChI=1S/C19H23NO5/c1-3-23-12-13-24-17-6-4-15(5-7-17)20-19(21)14-25-18-10-8-16(22-2)9-11-18/h4-11H,3,12-14H2,1-2H3,(H,20,21). The van der Waals surface area contributed by atoms with E-state index in [0.29, 0.717) is 31.3 Å². The highest BCUT2D eigenvalue weighted by Crippen LogP contribution is 2.18. The summed E-state index contributed by atoms with van der Waals surface area (Å²) in [7, 11) is 1.60. The molecular weight excluding hydrogens is 322 g/mol. The molecule has 0 aliphatic carbocycles. The molecule has 0 spiro atoms. The van der Waals surface area contributed by atoms with Crippen molar-refractivity contribution in [2.45, 2.75) is 6.92 Å². The molecule has 0 unspecified atom stereocenters. The zero-order chi connectivity index (χ0) is 17.9. The van der Waals surface area contributed by atoms with Crippen molar-refractivity contribution in [3.8, 4) is 17.2 Å². The average molecular weight is 345 g/mol. The zero-order valence-electron chi connectivity index (χ0n) is 14.5. The molecule has 0 heterocycles. The summed E-state index contributed by atoms with van der Waals surface area (Å²) in [6.07, 6.45) is 0. The van der Waals surface area contributed by atoms with Gasteiger partial charge in [0.1, 0.15) is 23.9 Å². The number of rotatable bonds is 10. The van der Waals surface area contributed by atoms with Crippen LogP contribution in [-0.4, -0.2) is 39.4 Å². The minimum atomic E-state index is -0.235. The molecule has 2 rings (SSSR count). The molecule has 1 amide bonds. The molecule has 0 aromatic heterocycles. The molecule has 0 atom stereocenters. The second kappa shape index (κ2) is 10.2. The van der Waals surface area contributed by atoms with E-state index < -0.39 is 0 Å². The minimum absolute atomic E-state index is 0.0705. The van der Waals surface area contributed by atoms with E-state index >= 15 is 0 Å². The van der Waals surface area contributed by atoms with Gasteiger partial charge in [-0.2, -0.15) is 0 Å². The van der Waals surface area contributed by atoms with Crippen molar-refractivity contribution >= 4 is 11.6 Å². The Hall–Kier alpha value is -2.73. The van der Waals surface area contributed by atoms with Crippen LogP contribution in [0.4, 0.5) is 5.69 Å². The highest BCUT2D eigenvalue weighted by Gasteiger charge is 2.04. The van der Waals surface area contributed by atoms with Crippen molar-refractivity contribution in [1.29, 1.82) is 0 Å². The maximum Gasteiger partial charge on any atom is 0.262 e. The first-order valence-corrected chi connectivity index (χ1v) is 8.08. The number of nitrogens with one attached hydrogen (secondary N) is 1. The Morgan fingerprint density at radius 2 is 1.48 bits per heavy atom. The number of hydrogen-bond donors (Lipinski definition) is 1. The van der Waals surface area contributed by atoms with Crippen LogP contribution in [0.1, 0.15) is 6.92 Å². The fourth-order valence-electron chi connectivity index (χ4n) is 2.02. The summed E-state index contributed by atoms with van der Waals surface area (Å²) in [6.45, 7) is 3.59. The molecule has 0 saturated heterocycles. The number of carbonyl (C=O) groups excluding carboxylic acids is 1. The Balaban J connectivity index is 1.74. The Morgan fingerprint density at radius 1 is 0.880 bits per heavy atom. The van der Waals surface area contributed by atoms with Gasteiger partial charge in [0.05, 0.1) is 13.7 Å². The lowest BCUT2D eigenvalue weighted by Gasteiger charge is -2.09. The number of hydrogen-bond acceptors (Lipinski definition) is 5. The van der Waals surface area contributed by atoms with E-state index in [4.69, 9.17) is 18.9 Å². The van der Waals surface area contributed by atoms with Gasteiger partial charge in [0, 0.05) is 12.3 Å². The summed E-state index contributed by atoms with van der Waals surface area (Å²) in [5, 5.41) is 2.77. The molecule has 6 nitrogen and oxygen atoms in total. The summed E-state index contributed by atoms with van der Waals surface area (Å²) in [5.41, 5.74) is 0.681. The third-order valence-corrected chi connectivity index (χ3v) is 3.27. The molecule has 2 aromatic rings. The summed E-state index contributed by atoms with van der Waals surface area (Å²) in [5.74, 6) is 1.84. The summed E-state index contributed by atoms with van der Waals surface area (Å²) >= 11 is 0. The highest BCUT2D eigenvalue weighted by atomic mass is 16.5. The van der Waals surface area contributed by atoms with Gasteiger partial charge in [0.2, 0.25) is 0 Å². The van der Waals surface area contributed by atoms with Gasteiger partial charge < -0.3 is 24.3 Å². The molecule has 134 valence electrons. The fraction of sp³-hybridized carbons (Fsp3) is 0.316. The second-order valence-corrected chi connectivity index (χ2v) is 5.08. The van der Waals surface area contributed by atoms with Gasteiger partial charge in [-0.05, 0) is 55.5 Å². The molecule has 1 N–H and O–H groups in total. The fourth-order valence-corrected chi connectivity index (χ4v) is 2.02. The zero-order valence-corrected chi connectivity index (χ0v) is 14.5. The van der Waals surface area contributed by atoms with E-state index in [1.807, 2.05) is 6.92 Å². The third-order valence-electron chi connectivity index (χ3n) is 3.27. The average Bonchev–Trinajstić information content (AvgIpc) is 2.65. The lowest BCUT2D eigenvalue weighted by molar-refractivity contribution is -0.118. The van der Waals surface area contributed by atoms with Crippen molar-refractivity contribution in [2.75, 3.05) is 38.9 Å². The van der Waals surface area contributed by atoms with E-state index in [1.54, 1.807) is 55.6 Å². The van der Waals surface area contributed by atoms with Crippen LogP contribution in [0, 0.1) is 0 Å². The van der Waals surface area contributed by atoms with E-state index in [9.17, 15) is 4.79 Å². The predicted octanol–water partition coefficient (Wildman–Crippen LogP) is 3.13. The Morgan fingerprint density at radius 3 is 2.12 bits per heavy atom. The number of methoxy groups -OCH3 is 1. The van der Waals surface area contributed by atoms with Crippen LogP contribution < -0.4 is 19.5 Å². The Kier molecular flexibility index (Phi) is 7.59. The SMILES string of the molecule is CCOCCOc1ccc(NC(=O)COc2ccc(OC)cc2)cc1. The van der Waals surface area contributed by atoms with Crippen LogP contribution in [0.15, 0.2) is 48.5 Å². The van der Waals surface area contributed by atoms with Gasteiger partial charge in [0.15, 0.2) is 6.61 Å². The van der Waals surface area contributed by atoms with Gasteiger partial charge >= 0.3 is 0 Å². The summed E-state index contributed by atoms with van der Waals surface area (Å²) in [4.78, 5) is 11.9.